The Labute approximate surface area is 254 Å². The first kappa shape index (κ1) is 31.4. The number of nitrogens with zero attached hydrogens (tertiary/aromatic N) is 4. The molecule has 0 spiro atoms. The van der Waals surface area contributed by atoms with Crippen LogP contribution in [0.1, 0.15) is 128 Å². The summed E-state index contributed by atoms with van der Waals surface area (Å²) in [6.07, 6.45) is 1.96. The van der Waals surface area contributed by atoms with Gasteiger partial charge >= 0.3 is 0 Å². The van der Waals surface area contributed by atoms with Gasteiger partial charge in [0.15, 0.2) is 0 Å². The van der Waals surface area contributed by atoms with E-state index >= 15 is 0 Å². The lowest BCUT2D eigenvalue weighted by Crippen LogP contribution is -2.26. The van der Waals surface area contributed by atoms with E-state index in [1.807, 2.05) is 6.21 Å². The number of aromatic nitrogens is 2. The first-order chi connectivity index (χ1) is 19.8. The van der Waals surface area contributed by atoms with E-state index in [4.69, 9.17) is 15.1 Å². The minimum atomic E-state index is -0.137. The zero-order valence-electron chi connectivity index (χ0n) is 27.7. The number of rotatable bonds is 9. The van der Waals surface area contributed by atoms with Crippen LogP contribution in [0.25, 0.3) is 10.9 Å². The van der Waals surface area contributed by atoms with E-state index in [-0.39, 0.29) is 5.41 Å². The Bertz CT molecular complexity index is 1540. The van der Waals surface area contributed by atoms with E-state index in [1.165, 1.54) is 22.3 Å². The van der Waals surface area contributed by atoms with Crippen LogP contribution in [0.3, 0.4) is 0 Å². The number of benzene rings is 3. The third kappa shape index (κ3) is 6.75. The Morgan fingerprint density at radius 1 is 0.690 bits per heavy atom. The van der Waals surface area contributed by atoms with Gasteiger partial charge in [-0.15, -0.1) is 0 Å². The second-order valence-corrected chi connectivity index (χ2v) is 13.8. The molecule has 0 unspecified atom stereocenters. The van der Waals surface area contributed by atoms with Crippen molar-refractivity contribution in [2.75, 3.05) is 0 Å². The molecule has 0 amide bonds. The minimum absolute atomic E-state index is 0.137. The largest absolute Gasteiger partial charge is 0.259 e. The molecule has 0 aliphatic heterocycles. The zero-order chi connectivity index (χ0) is 30.8. The molecule has 0 bridgehead atoms. The van der Waals surface area contributed by atoms with Crippen molar-refractivity contribution in [3.05, 3.63) is 88.6 Å². The van der Waals surface area contributed by atoms with Crippen LogP contribution >= 0.6 is 0 Å². The van der Waals surface area contributed by atoms with Crippen molar-refractivity contribution in [3.8, 4) is 0 Å². The van der Waals surface area contributed by atoms with Gasteiger partial charge in [0.2, 0.25) is 0 Å². The number of hydrogen-bond acceptors (Lipinski definition) is 3. The fourth-order valence-corrected chi connectivity index (χ4v) is 5.51. The predicted octanol–water partition coefficient (Wildman–Crippen LogP) is 11.1. The normalized spacial score (nSPS) is 13.2. The molecule has 0 aliphatic rings. The molecular weight excluding hydrogens is 512 g/mol. The molecular formula is C38H50N4. The summed E-state index contributed by atoms with van der Waals surface area (Å²) in [7, 11) is 0. The molecule has 0 saturated heterocycles. The zero-order valence-corrected chi connectivity index (χ0v) is 27.7. The van der Waals surface area contributed by atoms with Crippen molar-refractivity contribution in [1.29, 1.82) is 0 Å². The highest BCUT2D eigenvalue weighted by atomic mass is 15.3. The fraction of sp³-hybridized carbons (Fsp3) is 0.447. The van der Waals surface area contributed by atoms with Crippen LogP contribution < -0.4 is 0 Å². The van der Waals surface area contributed by atoms with Crippen molar-refractivity contribution in [2.45, 2.75) is 106 Å². The molecule has 4 rings (SSSR count). The SMILES string of the molecule is CC(C)c1cccc(C(C)C)c1N=Cc1nn(CC(=Nc2c(C(C)C)cccc2C(C)C)C(C)(C)C)c2ccccc12. The van der Waals surface area contributed by atoms with Crippen molar-refractivity contribution in [1.82, 2.24) is 9.78 Å². The highest BCUT2D eigenvalue weighted by molar-refractivity contribution is 5.99. The highest BCUT2D eigenvalue weighted by Crippen LogP contribution is 2.37. The molecule has 0 atom stereocenters. The van der Waals surface area contributed by atoms with Gasteiger partial charge in [-0.25, -0.2) is 0 Å². The molecule has 4 nitrogen and oxygen atoms in total. The van der Waals surface area contributed by atoms with E-state index < -0.39 is 0 Å². The van der Waals surface area contributed by atoms with E-state index in [2.05, 4.69) is 142 Å². The molecule has 0 N–H and O–H groups in total. The van der Waals surface area contributed by atoms with Crippen LogP contribution in [0, 0.1) is 5.41 Å². The molecule has 42 heavy (non-hydrogen) atoms. The van der Waals surface area contributed by atoms with Crippen molar-refractivity contribution in [2.24, 2.45) is 15.4 Å². The van der Waals surface area contributed by atoms with Crippen molar-refractivity contribution in [3.63, 3.8) is 0 Å². The van der Waals surface area contributed by atoms with Gasteiger partial charge < -0.3 is 0 Å². The van der Waals surface area contributed by atoms with Crippen LogP contribution in [0.5, 0.6) is 0 Å². The summed E-state index contributed by atoms with van der Waals surface area (Å²) in [4.78, 5) is 10.6. The molecule has 4 heteroatoms. The highest BCUT2D eigenvalue weighted by Gasteiger charge is 2.24. The lowest BCUT2D eigenvalue weighted by atomic mass is 9.88. The first-order valence-electron chi connectivity index (χ1n) is 15.6. The van der Waals surface area contributed by atoms with Crippen LogP contribution in [0.15, 0.2) is 70.6 Å². The number of para-hydroxylation sites is 3. The van der Waals surface area contributed by atoms with Gasteiger partial charge in [0.25, 0.3) is 0 Å². The predicted molar refractivity (Wildman–Crippen MR) is 183 cm³/mol. The van der Waals surface area contributed by atoms with E-state index in [1.54, 1.807) is 0 Å². The summed E-state index contributed by atoms with van der Waals surface area (Å²) in [5, 5.41) is 6.25. The van der Waals surface area contributed by atoms with Gasteiger partial charge in [0, 0.05) is 16.5 Å². The molecule has 0 aliphatic carbocycles. The van der Waals surface area contributed by atoms with Gasteiger partial charge in [-0.3, -0.25) is 14.7 Å². The van der Waals surface area contributed by atoms with Crippen molar-refractivity contribution < 1.29 is 0 Å². The van der Waals surface area contributed by atoms with Gasteiger partial charge in [-0.1, -0.05) is 131 Å². The molecule has 222 valence electrons. The molecule has 0 saturated carbocycles. The second-order valence-electron chi connectivity index (χ2n) is 13.8. The van der Waals surface area contributed by atoms with Crippen LogP contribution in [0.4, 0.5) is 11.4 Å². The fourth-order valence-electron chi connectivity index (χ4n) is 5.51. The maximum Gasteiger partial charge on any atom is 0.111 e. The maximum absolute atomic E-state index is 5.46. The summed E-state index contributed by atoms with van der Waals surface area (Å²) in [6, 6.07) is 21.7. The van der Waals surface area contributed by atoms with E-state index in [0.29, 0.717) is 30.2 Å². The molecule has 4 aromatic rings. The van der Waals surface area contributed by atoms with Crippen molar-refractivity contribution >= 4 is 34.2 Å². The Morgan fingerprint density at radius 2 is 1.17 bits per heavy atom. The topological polar surface area (TPSA) is 42.5 Å². The Balaban J connectivity index is 1.85. The summed E-state index contributed by atoms with van der Waals surface area (Å²) in [5.41, 5.74) is 10.3. The van der Waals surface area contributed by atoms with Gasteiger partial charge in [0.05, 0.1) is 29.7 Å². The molecule has 0 fully saturated rings. The molecule has 3 aromatic carbocycles. The molecule has 1 heterocycles. The second kappa shape index (κ2) is 12.8. The van der Waals surface area contributed by atoms with Crippen LogP contribution in [-0.2, 0) is 6.54 Å². The number of aliphatic imine (C=N–C) groups is 2. The summed E-state index contributed by atoms with van der Waals surface area (Å²) >= 11 is 0. The smallest absolute Gasteiger partial charge is 0.111 e. The minimum Gasteiger partial charge on any atom is -0.259 e. The first-order valence-corrected chi connectivity index (χ1v) is 15.6. The third-order valence-electron chi connectivity index (χ3n) is 8.10. The summed E-state index contributed by atoms with van der Waals surface area (Å²) in [6.45, 7) is 25.3. The van der Waals surface area contributed by atoms with Gasteiger partial charge in [-0.05, 0) is 52.0 Å². The van der Waals surface area contributed by atoms with Gasteiger partial charge in [0.1, 0.15) is 5.69 Å². The van der Waals surface area contributed by atoms with Gasteiger partial charge in [-0.2, -0.15) is 5.10 Å². The van der Waals surface area contributed by atoms with E-state index in [9.17, 15) is 0 Å². The molecule has 1 aromatic heterocycles. The summed E-state index contributed by atoms with van der Waals surface area (Å²) in [5.74, 6) is 1.56. The maximum atomic E-state index is 5.46. The lowest BCUT2D eigenvalue weighted by Gasteiger charge is -2.24. The lowest BCUT2D eigenvalue weighted by molar-refractivity contribution is 0.559. The Kier molecular flexibility index (Phi) is 9.55. The Morgan fingerprint density at radius 3 is 1.64 bits per heavy atom. The van der Waals surface area contributed by atoms with E-state index in [0.717, 1.165) is 33.7 Å². The molecule has 0 radical (unpaired) electrons. The van der Waals surface area contributed by atoms with Crippen LogP contribution in [0.2, 0.25) is 0 Å². The average Bonchev–Trinajstić information content (AvgIpc) is 3.27. The monoisotopic (exact) mass is 562 g/mol. The summed E-state index contributed by atoms with van der Waals surface area (Å²) < 4.78 is 2.12. The van der Waals surface area contributed by atoms with Crippen LogP contribution in [-0.4, -0.2) is 21.7 Å². The average molecular weight is 563 g/mol. The number of hydrogen-bond donors (Lipinski definition) is 0. The number of fused-ring (bicyclic) bond motifs is 1. The third-order valence-corrected chi connectivity index (χ3v) is 8.10. The quantitative estimate of drug-likeness (QED) is 0.187. The Hall–Kier alpha value is -3.53. The standard InChI is InChI=1S/C38H50N4/c1-24(2)28-17-14-18-29(25(3)4)36(28)39-22-33-32-16-12-13-21-34(32)42(41-33)23-35(38(9,10)11)40-37-30(26(5)6)19-15-20-31(37)27(7)8/h12-22,24-27H,23H2,1-11H3.